The molecule has 22 heavy (non-hydrogen) atoms. The number of hydrogen-bond acceptors (Lipinski definition) is 2. The van der Waals surface area contributed by atoms with E-state index in [9.17, 15) is 9.18 Å². The molecular weight excluding hydrogens is 303 g/mol. The molecular formula is C17H12ClFN2O. The molecule has 5 heteroatoms. The Morgan fingerprint density at radius 3 is 2.82 bits per heavy atom. The number of amides is 1. The first-order chi connectivity index (χ1) is 10.6. The van der Waals surface area contributed by atoms with Crippen LogP contribution in [0.25, 0.3) is 10.8 Å². The summed E-state index contributed by atoms with van der Waals surface area (Å²) in [6.07, 6.45) is 3.21. The molecule has 1 amide bonds. The fraction of sp³-hybridized carbons (Fsp3) is 0.0588. The highest BCUT2D eigenvalue weighted by Crippen LogP contribution is 2.22. The highest BCUT2D eigenvalue weighted by atomic mass is 35.5. The van der Waals surface area contributed by atoms with Crippen molar-refractivity contribution >= 4 is 34.0 Å². The third kappa shape index (κ3) is 2.92. The van der Waals surface area contributed by atoms with Crippen molar-refractivity contribution in [3.8, 4) is 0 Å². The van der Waals surface area contributed by atoms with E-state index < -0.39 is 5.82 Å². The minimum Gasteiger partial charge on any atom is -0.324 e. The summed E-state index contributed by atoms with van der Waals surface area (Å²) in [5, 5.41) is 4.59. The number of nitrogens with one attached hydrogen (secondary N) is 1. The van der Waals surface area contributed by atoms with Crippen molar-refractivity contribution in [1.29, 1.82) is 0 Å². The van der Waals surface area contributed by atoms with E-state index in [2.05, 4.69) is 10.3 Å². The lowest BCUT2D eigenvalue weighted by Gasteiger charge is -2.09. The lowest BCUT2D eigenvalue weighted by Crippen LogP contribution is -2.15. The predicted octanol–water partition coefficient (Wildman–Crippen LogP) is 4.21. The quantitative estimate of drug-likeness (QED) is 0.787. The average Bonchev–Trinajstić information content (AvgIpc) is 2.52. The van der Waals surface area contributed by atoms with Gasteiger partial charge in [-0.15, -0.1) is 0 Å². The van der Waals surface area contributed by atoms with Gasteiger partial charge in [-0.1, -0.05) is 48.0 Å². The number of halogens is 2. The maximum absolute atomic E-state index is 13.8. The molecule has 1 N–H and O–H groups in total. The summed E-state index contributed by atoms with van der Waals surface area (Å²) in [5.41, 5.74) is 0.865. The summed E-state index contributed by atoms with van der Waals surface area (Å²) in [5.74, 6) is -0.880. The monoisotopic (exact) mass is 314 g/mol. The number of aromatic nitrogens is 1. The number of carbonyl (C=O) groups excluding carboxylic acids is 1. The van der Waals surface area contributed by atoms with Gasteiger partial charge in [-0.2, -0.15) is 0 Å². The molecule has 0 fully saturated rings. The van der Waals surface area contributed by atoms with E-state index in [4.69, 9.17) is 11.6 Å². The molecule has 3 nitrogen and oxygen atoms in total. The van der Waals surface area contributed by atoms with Crippen LogP contribution in [0.5, 0.6) is 0 Å². The van der Waals surface area contributed by atoms with Gasteiger partial charge in [0.15, 0.2) is 0 Å². The van der Waals surface area contributed by atoms with Gasteiger partial charge in [-0.25, -0.2) is 4.39 Å². The highest BCUT2D eigenvalue weighted by Gasteiger charge is 2.12. The van der Waals surface area contributed by atoms with Crippen molar-refractivity contribution in [2.75, 3.05) is 5.32 Å². The molecule has 0 unspecified atom stereocenters. The van der Waals surface area contributed by atoms with Crippen molar-refractivity contribution in [3.63, 3.8) is 0 Å². The zero-order valence-electron chi connectivity index (χ0n) is 11.5. The summed E-state index contributed by atoms with van der Waals surface area (Å²) in [7, 11) is 0. The van der Waals surface area contributed by atoms with E-state index in [-0.39, 0.29) is 22.9 Å². The normalized spacial score (nSPS) is 10.6. The van der Waals surface area contributed by atoms with Gasteiger partial charge in [0.1, 0.15) is 5.82 Å². The molecule has 0 saturated heterocycles. The molecule has 1 heterocycles. The largest absolute Gasteiger partial charge is 0.324 e. The Bertz CT molecular complexity index is 846. The first-order valence-electron chi connectivity index (χ1n) is 6.70. The van der Waals surface area contributed by atoms with Crippen LogP contribution in [0.3, 0.4) is 0 Å². The number of benzene rings is 2. The van der Waals surface area contributed by atoms with Crippen LogP contribution in [0.15, 0.2) is 54.9 Å². The van der Waals surface area contributed by atoms with Gasteiger partial charge >= 0.3 is 0 Å². The van der Waals surface area contributed by atoms with Gasteiger partial charge < -0.3 is 5.32 Å². The van der Waals surface area contributed by atoms with E-state index in [1.54, 1.807) is 24.5 Å². The number of rotatable bonds is 3. The highest BCUT2D eigenvalue weighted by molar-refractivity contribution is 6.30. The lowest BCUT2D eigenvalue weighted by atomic mass is 10.1. The maximum Gasteiger partial charge on any atom is 0.228 e. The molecule has 0 atom stereocenters. The van der Waals surface area contributed by atoms with E-state index in [0.717, 1.165) is 10.8 Å². The first-order valence-corrected chi connectivity index (χ1v) is 7.08. The molecule has 0 aliphatic rings. The van der Waals surface area contributed by atoms with E-state index >= 15 is 0 Å². The summed E-state index contributed by atoms with van der Waals surface area (Å²) in [4.78, 5) is 16.2. The number of fused-ring (bicyclic) bond motifs is 1. The molecule has 1 aromatic heterocycles. The second kappa shape index (κ2) is 6.12. The molecule has 110 valence electrons. The minimum absolute atomic E-state index is 0.0112. The fourth-order valence-electron chi connectivity index (χ4n) is 2.27. The van der Waals surface area contributed by atoms with Crippen molar-refractivity contribution in [3.05, 3.63) is 71.3 Å². The van der Waals surface area contributed by atoms with Crippen LogP contribution in [-0.4, -0.2) is 10.9 Å². The molecule has 2 aromatic carbocycles. The van der Waals surface area contributed by atoms with Crippen LogP contribution in [0.2, 0.25) is 5.02 Å². The van der Waals surface area contributed by atoms with Gasteiger partial charge in [0.05, 0.1) is 23.3 Å². The van der Waals surface area contributed by atoms with E-state index in [0.29, 0.717) is 5.69 Å². The SMILES string of the molecule is O=C(Cc1cccc(Cl)c1F)Nc1cncc2ccccc12. The van der Waals surface area contributed by atoms with Crippen molar-refractivity contribution in [1.82, 2.24) is 4.98 Å². The maximum atomic E-state index is 13.8. The molecule has 0 aliphatic carbocycles. The zero-order valence-corrected chi connectivity index (χ0v) is 12.3. The van der Waals surface area contributed by atoms with Crippen molar-refractivity contribution < 1.29 is 9.18 Å². The third-order valence-corrected chi connectivity index (χ3v) is 3.62. The second-order valence-corrected chi connectivity index (χ2v) is 5.25. The average molecular weight is 315 g/mol. The summed E-state index contributed by atoms with van der Waals surface area (Å²) in [6, 6.07) is 12.2. The second-order valence-electron chi connectivity index (χ2n) is 4.85. The van der Waals surface area contributed by atoms with Gasteiger partial charge in [-0.05, 0) is 11.6 Å². The van der Waals surface area contributed by atoms with Crippen LogP contribution in [0.4, 0.5) is 10.1 Å². The molecule has 3 rings (SSSR count). The van der Waals surface area contributed by atoms with E-state index in [1.807, 2.05) is 24.3 Å². The number of nitrogens with zero attached hydrogens (tertiary/aromatic N) is 1. The summed E-state index contributed by atoms with van der Waals surface area (Å²) in [6.45, 7) is 0. The van der Waals surface area contributed by atoms with Crippen LogP contribution in [-0.2, 0) is 11.2 Å². The predicted molar refractivity (Wildman–Crippen MR) is 85.5 cm³/mol. The number of pyridine rings is 1. The fourth-order valence-corrected chi connectivity index (χ4v) is 2.46. The molecule has 0 saturated carbocycles. The van der Waals surface area contributed by atoms with Crippen molar-refractivity contribution in [2.24, 2.45) is 0 Å². The Kier molecular flexibility index (Phi) is 4.02. The molecule has 0 radical (unpaired) electrons. The Balaban J connectivity index is 1.83. The Hall–Kier alpha value is -2.46. The molecule has 0 bridgehead atoms. The van der Waals surface area contributed by atoms with Crippen molar-refractivity contribution in [2.45, 2.75) is 6.42 Å². The Morgan fingerprint density at radius 1 is 1.14 bits per heavy atom. The molecule has 3 aromatic rings. The summed E-state index contributed by atoms with van der Waals surface area (Å²) >= 11 is 5.72. The standard InChI is InChI=1S/C17H12ClFN2O/c18-14-7-3-5-11(17(14)19)8-16(22)21-15-10-20-9-12-4-1-2-6-13(12)15/h1-7,9-10H,8H2,(H,21,22). The summed E-state index contributed by atoms with van der Waals surface area (Å²) < 4.78 is 13.8. The van der Waals surface area contributed by atoms with Crippen LogP contribution < -0.4 is 5.32 Å². The third-order valence-electron chi connectivity index (χ3n) is 3.32. The van der Waals surface area contributed by atoms with Gasteiger partial charge in [0.2, 0.25) is 5.91 Å². The van der Waals surface area contributed by atoms with Crippen LogP contribution in [0, 0.1) is 5.82 Å². The van der Waals surface area contributed by atoms with Gasteiger partial charge in [-0.3, -0.25) is 9.78 Å². The molecule has 0 spiro atoms. The van der Waals surface area contributed by atoms with E-state index in [1.165, 1.54) is 6.07 Å². The van der Waals surface area contributed by atoms with Gasteiger partial charge in [0, 0.05) is 17.0 Å². The zero-order chi connectivity index (χ0) is 15.5. The minimum atomic E-state index is -0.560. The molecule has 0 aliphatic heterocycles. The number of anilines is 1. The lowest BCUT2D eigenvalue weighted by molar-refractivity contribution is -0.115. The van der Waals surface area contributed by atoms with Crippen LogP contribution >= 0.6 is 11.6 Å². The number of carbonyl (C=O) groups is 1. The Labute approximate surface area is 131 Å². The Morgan fingerprint density at radius 2 is 1.95 bits per heavy atom. The topological polar surface area (TPSA) is 42.0 Å². The van der Waals surface area contributed by atoms with Crippen LogP contribution in [0.1, 0.15) is 5.56 Å². The first kappa shape index (κ1) is 14.5. The number of hydrogen-bond donors (Lipinski definition) is 1. The smallest absolute Gasteiger partial charge is 0.228 e. The van der Waals surface area contributed by atoms with Gasteiger partial charge in [0.25, 0.3) is 0 Å².